The summed E-state index contributed by atoms with van der Waals surface area (Å²) in [5.74, 6) is -0.657. The van der Waals surface area contributed by atoms with Gasteiger partial charge in [-0.25, -0.2) is 4.98 Å². The molecule has 0 saturated carbocycles. The van der Waals surface area contributed by atoms with Gasteiger partial charge in [-0.05, 0) is 60.7 Å². The average Bonchev–Trinajstić information content (AvgIpc) is 2.94. The van der Waals surface area contributed by atoms with Crippen molar-refractivity contribution in [2.24, 2.45) is 0 Å². The fraction of sp³-hybridized carbons (Fsp3) is 0.267. The largest absolute Gasteiger partial charge is 0.619 e. The SMILES string of the molecule is CCN(c1ccc(C(Cc2cc[n+]([O-])cc2)c2ccc(OC(F)F)c(OC(F)F)c2)cn1)[C@@H](C)c1ccccc1. The number of pyridine rings is 2. The van der Waals surface area contributed by atoms with E-state index in [-0.39, 0.29) is 6.04 Å². The molecule has 2 atom stereocenters. The monoisotopic (exact) mass is 555 g/mol. The lowest BCUT2D eigenvalue weighted by Gasteiger charge is -2.30. The number of anilines is 1. The van der Waals surface area contributed by atoms with Gasteiger partial charge in [0.2, 0.25) is 0 Å². The summed E-state index contributed by atoms with van der Waals surface area (Å²) in [6.45, 7) is -1.58. The lowest BCUT2D eigenvalue weighted by atomic mass is 9.86. The molecule has 6 nitrogen and oxygen atoms in total. The third-order valence-electron chi connectivity index (χ3n) is 6.67. The van der Waals surface area contributed by atoms with Crippen LogP contribution < -0.4 is 19.1 Å². The number of aromatic nitrogens is 2. The fourth-order valence-electron chi connectivity index (χ4n) is 4.69. The number of ether oxygens (including phenoxy) is 2. The highest BCUT2D eigenvalue weighted by molar-refractivity contribution is 5.48. The Bertz CT molecular complexity index is 1360. The molecule has 0 radical (unpaired) electrons. The summed E-state index contributed by atoms with van der Waals surface area (Å²) in [5.41, 5.74) is 3.23. The van der Waals surface area contributed by atoms with Crippen LogP contribution in [0.15, 0.2) is 91.4 Å². The zero-order chi connectivity index (χ0) is 28.6. The highest BCUT2D eigenvalue weighted by Crippen LogP contribution is 2.37. The molecule has 0 aliphatic carbocycles. The molecule has 210 valence electrons. The predicted molar refractivity (Wildman–Crippen MR) is 143 cm³/mol. The van der Waals surface area contributed by atoms with Gasteiger partial charge in [0.15, 0.2) is 23.9 Å². The molecule has 40 heavy (non-hydrogen) atoms. The number of nitrogens with zero attached hydrogens (tertiary/aromatic N) is 3. The maximum absolute atomic E-state index is 13.1. The number of rotatable bonds is 12. The fourth-order valence-corrected chi connectivity index (χ4v) is 4.69. The van der Waals surface area contributed by atoms with Gasteiger partial charge < -0.3 is 19.6 Å². The van der Waals surface area contributed by atoms with Crippen molar-refractivity contribution in [3.63, 3.8) is 0 Å². The molecule has 0 saturated heterocycles. The number of hydrogen-bond donors (Lipinski definition) is 0. The van der Waals surface area contributed by atoms with E-state index in [2.05, 4.69) is 33.4 Å². The second-order valence-corrected chi connectivity index (χ2v) is 9.11. The number of benzene rings is 2. The van der Waals surface area contributed by atoms with Gasteiger partial charge in [0, 0.05) is 30.8 Å². The van der Waals surface area contributed by atoms with Crippen LogP contribution in [0.4, 0.5) is 23.4 Å². The van der Waals surface area contributed by atoms with E-state index in [1.807, 2.05) is 37.3 Å². The Morgan fingerprint density at radius 3 is 2.08 bits per heavy atom. The van der Waals surface area contributed by atoms with E-state index in [9.17, 15) is 22.8 Å². The van der Waals surface area contributed by atoms with Gasteiger partial charge in [0.05, 0.1) is 6.04 Å². The third kappa shape index (κ3) is 7.19. The number of hydrogen-bond acceptors (Lipinski definition) is 5. The standard InChI is InChI=1S/C30H29F4N3O3/c1-3-37(20(2)22-7-5-4-6-8-22)28-12-10-24(19-35-28)25(17-21-13-15-36(38)16-14-21)23-9-11-26(39-29(31)32)27(18-23)40-30(33)34/h4-16,18-20,25,29-30H,3,17H2,1-2H3/t20-,25?/m0/s1. The Balaban J connectivity index is 1.70. The summed E-state index contributed by atoms with van der Waals surface area (Å²) in [6, 6.07) is 21.2. The lowest BCUT2D eigenvalue weighted by Crippen LogP contribution is -2.27. The summed E-state index contributed by atoms with van der Waals surface area (Å²) < 4.78 is 61.5. The first-order valence-corrected chi connectivity index (χ1v) is 12.7. The first kappa shape index (κ1) is 28.7. The average molecular weight is 556 g/mol. The minimum Gasteiger partial charge on any atom is -0.619 e. The molecule has 0 spiro atoms. The summed E-state index contributed by atoms with van der Waals surface area (Å²) in [6.07, 6.45) is 4.82. The molecule has 1 unspecified atom stereocenters. The van der Waals surface area contributed by atoms with E-state index in [0.717, 1.165) is 22.5 Å². The highest BCUT2D eigenvalue weighted by Gasteiger charge is 2.22. The van der Waals surface area contributed by atoms with Crippen LogP contribution in [-0.2, 0) is 6.42 Å². The summed E-state index contributed by atoms with van der Waals surface area (Å²) in [5, 5.41) is 11.5. The minimum absolute atomic E-state index is 0.0693. The molecule has 0 aliphatic heterocycles. The van der Waals surface area contributed by atoms with Crippen LogP contribution >= 0.6 is 0 Å². The van der Waals surface area contributed by atoms with Crippen molar-refractivity contribution in [3.05, 3.63) is 119 Å². The molecule has 0 aliphatic rings. The van der Waals surface area contributed by atoms with Gasteiger partial charge in [-0.3, -0.25) is 0 Å². The van der Waals surface area contributed by atoms with Crippen molar-refractivity contribution in [1.29, 1.82) is 0 Å². The van der Waals surface area contributed by atoms with Crippen LogP contribution in [0.1, 0.15) is 48.1 Å². The first-order valence-electron chi connectivity index (χ1n) is 12.7. The van der Waals surface area contributed by atoms with Crippen molar-refractivity contribution >= 4 is 5.82 Å². The van der Waals surface area contributed by atoms with Crippen molar-refractivity contribution in [1.82, 2.24) is 4.98 Å². The van der Waals surface area contributed by atoms with Gasteiger partial charge in [-0.2, -0.15) is 22.3 Å². The van der Waals surface area contributed by atoms with Gasteiger partial charge in [-0.1, -0.05) is 42.5 Å². The first-order chi connectivity index (χ1) is 19.2. The van der Waals surface area contributed by atoms with Crippen LogP contribution in [0.3, 0.4) is 0 Å². The van der Waals surface area contributed by atoms with Crippen LogP contribution in [0, 0.1) is 5.21 Å². The topological polar surface area (TPSA) is 61.5 Å². The molecular formula is C30H29F4N3O3. The maximum atomic E-state index is 13.1. The van der Waals surface area contributed by atoms with Crippen LogP contribution in [-0.4, -0.2) is 24.8 Å². The Kier molecular flexibility index (Phi) is 9.42. The molecule has 0 bridgehead atoms. The van der Waals surface area contributed by atoms with Gasteiger partial charge in [0.1, 0.15) is 5.82 Å². The van der Waals surface area contributed by atoms with Crippen molar-refractivity contribution in [3.8, 4) is 11.5 Å². The maximum Gasteiger partial charge on any atom is 0.387 e. The summed E-state index contributed by atoms with van der Waals surface area (Å²) in [4.78, 5) is 6.88. The molecule has 0 fully saturated rings. The quantitative estimate of drug-likeness (QED) is 0.108. The Morgan fingerprint density at radius 1 is 0.825 bits per heavy atom. The lowest BCUT2D eigenvalue weighted by molar-refractivity contribution is -0.605. The Hall–Kier alpha value is -4.34. The molecule has 0 amide bonds. The van der Waals surface area contributed by atoms with E-state index in [1.54, 1.807) is 18.3 Å². The molecule has 4 aromatic rings. The Labute approximate surface area is 230 Å². The summed E-state index contributed by atoms with van der Waals surface area (Å²) >= 11 is 0. The minimum atomic E-state index is -3.23. The van der Waals surface area contributed by atoms with Crippen molar-refractivity contribution in [2.45, 2.75) is 45.5 Å². The van der Waals surface area contributed by atoms with Crippen molar-refractivity contribution < 1.29 is 31.8 Å². The van der Waals surface area contributed by atoms with E-state index >= 15 is 0 Å². The summed E-state index contributed by atoms with van der Waals surface area (Å²) in [7, 11) is 0. The normalized spacial score (nSPS) is 12.8. The van der Waals surface area contributed by atoms with Crippen molar-refractivity contribution in [2.75, 3.05) is 11.4 Å². The van der Waals surface area contributed by atoms with E-state index in [1.165, 1.54) is 30.6 Å². The second kappa shape index (κ2) is 13.1. The van der Waals surface area contributed by atoms with Crippen LogP contribution in [0.5, 0.6) is 11.5 Å². The molecule has 10 heteroatoms. The number of halogens is 4. The molecule has 2 aromatic carbocycles. The molecular weight excluding hydrogens is 526 g/mol. The Morgan fingerprint density at radius 2 is 1.48 bits per heavy atom. The zero-order valence-corrected chi connectivity index (χ0v) is 22.0. The highest BCUT2D eigenvalue weighted by atomic mass is 19.3. The van der Waals surface area contributed by atoms with Gasteiger partial charge >= 0.3 is 13.2 Å². The van der Waals surface area contributed by atoms with E-state index in [4.69, 9.17) is 4.98 Å². The van der Waals surface area contributed by atoms with Gasteiger partial charge in [-0.15, -0.1) is 0 Å². The third-order valence-corrected chi connectivity index (χ3v) is 6.67. The zero-order valence-electron chi connectivity index (χ0n) is 22.0. The van der Waals surface area contributed by atoms with Crippen LogP contribution in [0.25, 0.3) is 0 Å². The van der Waals surface area contributed by atoms with Gasteiger partial charge in [0.25, 0.3) is 0 Å². The second-order valence-electron chi connectivity index (χ2n) is 9.11. The molecule has 2 aromatic heterocycles. The van der Waals surface area contributed by atoms with E-state index in [0.29, 0.717) is 23.3 Å². The number of alkyl halides is 4. The predicted octanol–water partition coefficient (Wildman–Crippen LogP) is 6.88. The molecule has 2 heterocycles. The smallest absolute Gasteiger partial charge is 0.387 e. The molecule has 0 N–H and O–H groups in total. The molecule has 4 rings (SSSR count). The van der Waals surface area contributed by atoms with E-state index < -0.39 is 30.6 Å². The van der Waals surface area contributed by atoms with Crippen LogP contribution in [0.2, 0.25) is 0 Å².